The van der Waals surface area contributed by atoms with Crippen molar-refractivity contribution in [1.29, 1.82) is 5.26 Å². The zero-order chi connectivity index (χ0) is 12.1. The molecule has 0 bridgehead atoms. The van der Waals surface area contributed by atoms with E-state index in [0.717, 1.165) is 6.42 Å². The Balaban J connectivity index is 2.18. The highest BCUT2D eigenvalue weighted by Gasteiger charge is 2.13. The maximum Gasteiger partial charge on any atom is 0.162 e. The van der Waals surface area contributed by atoms with Crippen molar-refractivity contribution in [3.05, 3.63) is 18.2 Å². The van der Waals surface area contributed by atoms with E-state index >= 15 is 0 Å². The molecule has 1 unspecified atom stereocenters. The van der Waals surface area contributed by atoms with Gasteiger partial charge in [-0.15, -0.1) is 0 Å². The minimum Gasteiger partial charge on any atom is -0.490 e. The Labute approximate surface area is 103 Å². The first-order valence-electron chi connectivity index (χ1n) is 5.46. The third-order valence-electron chi connectivity index (χ3n) is 2.38. The number of nitrogens with zero attached hydrogens (tertiary/aromatic N) is 1. The molecule has 1 aliphatic rings. The largest absolute Gasteiger partial charge is 0.490 e. The molecule has 0 aromatic heterocycles. The van der Waals surface area contributed by atoms with Crippen LogP contribution in [0.1, 0.15) is 12.8 Å². The molecule has 0 saturated heterocycles. The molecule has 2 rings (SSSR count). The van der Waals surface area contributed by atoms with Gasteiger partial charge < -0.3 is 9.47 Å². The number of nitriles is 1. The number of rotatable bonds is 3. The first-order valence-corrected chi connectivity index (χ1v) is 6.78. The number of fused-ring (bicyclic) bond motifs is 1. The van der Waals surface area contributed by atoms with E-state index in [1.807, 2.05) is 6.07 Å². The minimum atomic E-state index is -1.15. The standard InChI is InChI=1S/C12H13NO3S/c13-5-1-8-17(14)10-3-4-11-12(9-10)16-7-2-6-15-11/h3-4,9H,1-2,6-8H2. The zero-order valence-electron chi connectivity index (χ0n) is 9.35. The van der Waals surface area contributed by atoms with E-state index in [9.17, 15) is 4.21 Å². The van der Waals surface area contributed by atoms with Gasteiger partial charge in [-0.3, -0.25) is 4.21 Å². The third-order valence-corrected chi connectivity index (χ3v) is 3.74. The SMILES string of the molecule is N#CCCS(=O)c1ccc2c(c1)OCCCO2. The highest BCUT2D eigenvalue weighted by Crippen LogP contribution is 2.31. The first-order chi connectivity index (χ1) is 8.31. The number of hydrogen-bond donors (Lipinski definition) is 0. The Morgan fingerprint density at radius 1 is 1.29 bits per heavy atom. The molecule has 0 spiro atoms. The number of ether oxygens (including phenoxy) is 2. The van der Waals surface area contributed by atoms with E-state index in [1.54, 1.807) is 18.2 Å². The Kier molecular flexibility index (Phi) is 3.99. The van der Waals surface area contributed by atoms with Crippen LogP contribution in [0.4, 0.5) is 0 Å². The van der Waals surface area contributed by atoms with Crippen molar-refractivity contribution >= 4 is 10.8 Å². The lowest BCUT2D eigenvalue weighted by molar-refractivity contribution is 0.297. The quantitative estimate of drug-likeness (QED) is 0.822. The third kappa shape index (κ3) is 2.98. The second-order valence-corrected chi connectivity index (χ2v) is 5.19. The molecule has 0 radical (unpaired) electrons. The Bertz CT molecular complexity index is 467. The summed E-state index contributed by atoms with van der Waals surface area (Å²) in [5.41, 5.74) is 0. The van der Waals surface area contributed by atoms with Crippen LogP contribution >= 0.6 is 0 Å². The predicted molar refractivity (Wildman–Crippen MR) is 63.6 cm³/mol. The monoisotopic (exact) mass is 251 g/mol. The maximum atomic E-state index is 11.8. The van der Waals surface area contributed by atoms with Crippen LogP contribution in [0.15, 0.2) is 23.1 Å². The lowest BCUT2D eigenvalue weighted by atomic mass is 10.3. The van der Waals surface area contributed by atoms with Gasteiger partial charge in [0.15, 0.2) is 11.5 Å². The summed E-state index contributed by atoms with van der Waals surface area (Å²) in [6.07, 6.45) is 1.14. The summed E-state index contributed by atoms with van der Waals surface area (Å²) >= 11 is 0. The molecule has 1 aromatic carbocycles. The average Bonchev–Trinajstić information content (AvgIpc) is 2.60. The van der Waals surface area contributed by atoms with Crippen molar-refractivity contribution in [2.45, 2.75) is 17.7 Å². The topological polar surface area (TPSA) is 59.3 Å². The van der Waals surface area contributed by atoms with Crippen molar-refractivity contribution in [1.82, 2.24) is 0 Å². The molecule has 1 aliphatic heterocycles. The molecular weight excluding hydrogens is 238 g/mol. The molecule has 0 fully saturated rings. The molecule has 1 aromatic rings. The van der Waals surface area contributed by atoms with Crippen LogP contribution in [0.3, 0.4) is 0 Å². The van der Waals surface area contributed by atoms with Crippen LogP contribution in [0.5, 0.6) is 11.5 Å². The fourth-order valence-corrected chi connectivity index (χ4v) is 2.51. The van der Waals surface area contributed by atoms with Gasteiger partial charge in [-0.25, -0.2) is 0 Å². The first kappa shape index (κ1) is 11.9. The Morgan fingerprint density at radius 2 is 2.06 bits per heavy atom. The van der Waals surface area contributed by atoms with Gasteiger partial charge in [-0.05, 0) is 12.1 Å². The number of benzene rings is 1. The smallest absolute Gasteiger partial charge is 0.162 e. The highest BCUT2D eigenvalue weighted by atomic mass is 32.2. The molecule has 0 amide bonds. The molecule has 4 nitrogen and oxygen atoms in total. The summed E-state index contributed by atoms with van der Waals surface area (Å²) in [6.45, 7) is 1.26. The highest BCUT2D eigenvalue weighted by molar-refractivity contribution is 7.85. The van der Waals surface area contributed by atoms with Crippen LogP contribution < -0.4 is 9.47 Å². The Hall–Kier alpha value is -1.54. The van der Waals surface area contributed by atoms with Gasteiger partial charge in [-0.1, -0.05) is 0 Å². The molecule has 90 valence electrons. The van der Waals surface area contributed by atoms with Crippen molar-refractivity contribution in [2.24, 2.45) is 0 Å². The van der Waals surface area contributed by atoms with Gasteiger partial charge >= 0.3 is 0 Å². The van der Waals surface area contributed by atoms with Crippen molar-refractivity contribution in [3.8, 4) is 17.6 Å². The Morgan fingerprint density at radius 3 is 2.82 bits per heavy atom. The van der Waals surface area contributed by atoms with Crippen LogP contribution in [-0.4, -0.2) is 23.2 Å². The summed E-state index contributed by atoms with van der Waals surface area (Å²) in [4.78, 5) is 0.685. The van der Waals surface area contributed by atoms with Gasteiger partial charge in [0.25, 0.3) is 0 Å². The second-order valence-electron chi connectivity index (χ2n) is 3.62. The lowest BCUT2D eigenvalue weighted by Crippen LogP contribution is -1.99. The summed E-state index contributed by atoms with van der Waals surface area (Å²) in [5, 5.41) is 8.46. The molecular formula is C12H13NO3S. The number of hydrogen-bond acceptors (Lipinski definition) is 4. The lowest BCUT2D eigenvalue weighted by Gasteiger charge is -2.08. The minimum absolute atomic E-state index is 0.293. The van der Waals surface area contributed by atoms with E-state index in [-0.39, 0.29) is 0 Å². The van der Waals surface area contributed by atoms with Crippen molar-refractivity contribution in [2.75, 3.05) is 19.0 Å². The van der Waals surface area contributed by atoms with Gasteiger partial charge in [0.1, 0.15) is 0 Å². The van der Waals surface area contributed by atoms with E-state index in [0.29, 0.717) is 41.8 Å². The van der Waals surface area contributed by atoms with Crippen molar-refractivity contribution < 1.29 is 13.7 Å². The summed E-state index contributed by atoms with van der Waals surface area (Å²) in [7, 11) is -1.15. The fourth-order valence-electron chi connectivity index (χ4n) is 1.54. The zero-order valence-corrected chi connectivity index (χ0v) is 10.2. The van der Waals surface area contributed by atoms with Gasteiger partial charge in [0.05, 0.1) is 30.1 Å². The van der Waals surface area contributed by atoms with E-state index in [4.69, 9.17) is 14.7 Å². The van der Waals surface area contributed by atoms with E-state index < -0.39 is 10.8 Å². The fraction of sp³-hybridized carbons (Fsp3) is 0.417. The van der Waals surface area contributed by atoms with Gasteiger partial charge in [0.2, 0.25) is 0 Å². The summed E-state index contributed by atoms with van der Waals surface area (Å²) < 4.78 is 22.8. The normalized spacial score (nSPS) is 15.7. The van der Waals surface area contributed by atoms with Crippen LogP contribution in [0, 0.1) is 11.3 Å². The molecule has 1 heterocycles. The van der Waals surface area contributed by atoms with Gasteiger partial charge in [-0.2, -0.15) is 5.26 Å². The van der Waals surface area contributed by atoms with Crippen LogP contribution in [0.2, 0.25) is 0 Å². The van der Waals surface area contributed by atoms with Crippen molar-refractivity contribution in [3.63, 3.8) is 0 Å². The van der Waals surface area contributed by atoms with E-state index in [1.165, 1.54) is 0 Å². The molecule has 1 atom stereocenters. The molecule has 5 heteroatoms. The molecule has 17 heavy (non-hydrogen) atoms. The molecule has 0 N–H and O–H groups in total. The molecule has 0 aliphatic carbocycles. The van der Waals surface area contributed by atoms with Crippen LogP contribution in [0.25, 0.3) is 0 Å². The van der Waals surface area contributed by atoms with E-state index in [2.05, 4.69) is 0 Å². The summed E-state index contributed by atoms with van der Waals surface area (Å²) in [5.74, 6) is 1.70. The predicted octanol–water partition coefficient (Wildman–Crippen LogP) is 1.87. The average molecular weight is 251 g/mol. The van der Waals surface area contributed by atoms with Gasteiger partial charge in [0, 0.05) is 29.6 Å². The summed E-state index contributed by atoms with van der Waals surface area (Å²) in [6, 6.07) is 7.28. The van der Waals surface area contributed by atoms with Crippen LogP contribution in [-0.2, 0) is 10.8 Å². The maximum absolute atomic E-state index is 11.8. The molecule has 0 saturated carbocycles. The second kappa shape index (κ2) is 5.69.